The molecule has 1 amide bonds. The van der Waals surface area contributed by atoms with E-state index in [-0.39, 0.29) is 24.0 Å². The summed E-state index contributed by atoms with van der Waals surface area (Å²) in [4.78, 5) is 14.6. The third kappa shape index (κ3) is 4.01. The Balaban J connectivity index is 2.01. The standard InChI is InChI=1S/C18H27NO3/c1-13(16-8-4-5-9-17(16)22-3)11-18(21)19-10-6-7-15(19)12-14(2)20/h4-5,8-9,13-15,20H,6-7,10-12H2,1-3H3. The highest BCUT2D eigenvalue weighted by Gasteiger charge is 2.30. The molecule has 3 unspecified atom stereocenters. The lowest BCUT2D eigenvalue weighted by Gasteiger charge is -2.27. The molecular formula is C18H27NO3. The van der Waals surface area contributed by atoms with Gasteiger partial charge in [0.2, 0.25) is 5.91 Å². The smallest absolute Gasteiger partial charge is 0.223 e. The van der Waals surface area contributed by atoms with Crippen molar-refractivity contribution in [1.82, 2.24) is 4.90 Å². The normalized spacial score (nSPS) is 20.7. The highest BCUT2D eigenvalue weighted by atomic mass is 16.5. The Bertz CT molecular complexity index is 501. The number of likely N-dealkylation sites (tertiary alicyclic amines) is 1. The fraction of sp³-hybridized carbons (Fsp3) is 0.611. The maximum atomic E-state index is 12.6. The van der Waals surface area contributed by atoms with E-state index in [4.69, 9.17) is 4.74 Å². The van der Waals surface area contributed by atoms with Crippen LogP contribution in [0, 0.1) is 0 Å². The molecule has 122 valence electrons. The van der Waals surface area contributed by atoms with Crippen molar-refractivity contribution in [2.24, 2.45) is 0 Å². The molecule has 0 bridgehead atoms. The van der Waals surface area contributed by atoms with Gasteiger partial charge in [-0.15, -0.1) is 0 Å². The van der Waals surface area contributed by atoms with Crippen LogP contribution in [0.3, 0.4) is 0 Å². The van der Waals surface area contributed by atoms with Crippen molar-refractivity contribution >= 4 is 5.91 Å². The van der Waals surface area contributed by atoms with Crippen molar-refractivity contribution in [3.05, 3.63) is 29.8 Å². The average molecular weight is 305 g/mol. The number of aliphatic hydroxyl groups excluding tert-OH is 1. The summed E-state index contributed by atoms with van der Waals surface area (Å²) in [7, 11) is 1.66. The molecule has 1 aliphatic rings. The van der Waals surface area contributed by atoms with Crippen LogP contribution >= 0.6 is 0 Å². The molecule has 2 rings (SSSR count). The van der Waals surface area contributed by atoms with Crippen molar-refractivity contribution in [1.29, 1.82) is 0 Å². The summed E-state index contributed by atoms with van der Waals surface area (Å²) in [6, 6.07) is 8.06. The molecule has 1 aromatic rings. The zero-order chi connectivity index (χ0) is 16.1. The first-order valence-corrected chi connectivity index (χ1v) is 8.13. The highest BCUT2D eigenvalue weighted by Crippen LogP contribution is 2.30. The van der Waals surface area contributed by atoms with Crippen LogP contribution in [0.1, 0.15) is 51.0 Å². The van der Waals surface area contributed by atoms with Crippen LogP contribution in [-0.4, -0.2) is 41.7 Å². The molecule has 0 aliphatic carbocycles. The number of nitrogens with zero attached hydrogens (tertiary/aromatic N) is 1. The average Bonchev–Trinajstić information content (AvgIpc) is 2.94. The van der Waals surface area contributed by atoms with E-state index in [1.54, 1.807) is 14.0 Å². The van der Waals surface area contributed by atoms with E-state index < -0.39 is 0 Å². The van der Waals surface area contributed by atoms with Gasteiger partial charge >= 0.3 is 0 Å². The van der Waals surface area contributed by atoms with Crippen LogP contribution in [0.4, 0.5) is 0 Å². The zero-order valence-corrected chi connectivity index (χ0v) is 13.8. The molecule has 3 atom stereocenters. The van der Waals surface area contributed by atoms with E-state index in [9.17, 15) is 9.90 Å². The molecule has 0 aromatic heterocycles. The van der Waals surface area contributed by atoms with Gasteiger partial charge in [0.25, 0.3) is 0 Å². The molecule has 4 nitrogen and oxygen atoms in total. The minimum atomic E-state index is -0.356. The first-order valence-electron chi connectivity index (χ1n) is 8.13. The molecule has 0 radical (unpaired) electrons. The lowest BCUT2D eigenvalue weighted by atomic mass is 9.96. The Kier molecular flexibility index (Phi) is 5.83. The van der Waals surface area contributed by atoms with Gasteiger partial charge in [-0.3, -0.25) is 4.79 Å². The number of ether oxygens (including phenoxy) is 1. The number of aliphatic hydroxyl groups is 1. The molecule has 1 aliphatic heterocycles. The lowest BCUT2D eigenvalue weighted by Crippen LogP contribution is -2.37. The number of carbonyl (C=O) groups is 1. The van der Waals surface area contributed by atoms with Crippen molar-refractivity contribution in [3.63, 3.8) is 0 Å². The van der Waals surface area contributed by atoms with Crippen molar-refractivity contribution in [3.8, 4) is 5.75 Å². The number of methoxy groups -OCH3 is 1. The molecule has 4 heteroatoms. The summed E-state index contributed by atoms with van der Waals surface area (Å²) >= 11 is 0. The molecule has 1 N–H and O–H groups in total. The van der Waals surface area contributed by atoms with Gasteiger partial charge in [-0.1, -0.05) is 25.1 Å². The zero-order valence-electron chi connectivity index (χ0n) is 13.8. The number of rotatable bonds is 6. The van der Waals surface area contributed by atoms with Crippen LogP contribution in [0.25, 0.3) is 0 Å². The van der Waals surface area contributed by atoms with Crippen LogP contribution < -0.4 is 4.74 Å². The quantitative estimate of drug-likeness (QED) is 0.879. The van der Waals surface area contributed by atoms with Gasteiger partial charge in [0.1, 0.15) is 5.75 Å². The van der Waals surface area contributed by atoms with Gasteiger partial charge in [0.05, 0.1) is 13.2 Å². The molecule has 0 saturated carbocycles. The Morgan fingerprint density at radius 3 is 2.82 bits per heavy atom. The van der Waals surface area contributed by atoms with Gasteiger partial charge in [-0.05, 0) is 43.7 Å². The number of para-hydroxylation sites is 1. The Labute approximate surface area is 133 Å². The van der Waals surface area contributed by atoms with Gasteiger partial charge in [0.15, 0.2) is 0 Å². The van der Waals surface area contributed by atoms with E-state index in [0.29, 0.717) is 12.8 Å². The largest absolute Gasteiger partial charge is 0.496 e. The molecule has 1 heterocycles. The second kappa shape index (κ2) is 7.63. The summed E-state index contributed by atoms with van der Waals surface area (Å²) < 4.78 is 5.39. The number of hydrogen-bond acceptors (Lipinski definition) is 3. The third-order valence-corrected chi connectivity index (χ3v) is 4.46. The van der Waals surface area contributed by atoms with Gasteiger partial charge in [0, 0.05) is 19.0 Å². The molecule has 22 heavy (non-hydrogen) atoms. The van der Waals surface area contributed by atoms with E-state index in [1.807, 2.05) is 29.2 Å². The molecular weight excluding hydrogens is 278 g/mol. The fourth-order valence-corrected chi connectivity index (χ4v) is 3.37. The van der Waals surface area contributed by atoms with E-state index >= 15 is 0 Å². The van der Waals surface area contributed by atoms with E-state index in [2.05, 4.69) is 6.92 Å². The number of carbonyl (C=O) groups excluding carboxylic acids is 1. The number of benzene rings is 1. The Hall–Kier alpha value is -1.55. The number of amides is 1. The minimum Gasteiger partial charge on any atom is -0.496 e. The molecule has 1 fully saturated rings. The van der Waals surface area contributed by atoms with Crippen molar-refractivity contribution in [2.45, 2.75) is 57.6 Å². The monoisotopic (exact) mass is 305 g/mol. The summed E-state index contributed by atoms with van der Waals surface area (Å²) in [5, 5.41) is 9.59. The molecule has 0 spiro atoms. The Morgan fingerprint density at radius 1 is 1.41 bits per heavy atom. The first-order chi connectivity index (χ1) is 10.5. The topological polar surface area (TPSA) is 49.8 Å². The van der Waals surface area contributed by atoms with Crippen LogP contribution in [0.15, 0.2) is 24.3 Å². The number of hydrogen-bond donors (Lipinski definition) is 1. The first kappa shape index (κ1) is 16.8. The molecule has 1 saturated heterocycles. The summed E-state index contributed by atoms with van der Waals surface area (Å²) in [6.07, 6.45) is 2.84. The SMILES string of the molecule is COc1ccccc1C(C)CC(=O)N1CCCC1CC(C)O. The van der Waals surface area contributed by atoms with Crippen molar-refractivity contribution < 1.29 is 14.6 Å². The second-order valence-corrected chi connectivity index (χ2v) is 6.32. The summed E-state index contributed by atoms with van der Waals surface area (Å²) in [5.41, 5.74) is 1.07. The highest BCUT2D eigenvalue weighted by molar-refractivity contribution is 5.78. The summed E-state index contributed by atoms with van der Waals surface area (Å²) in [6.45, 7) is 4.67. The third-order valence-electron chi connectivity index (χ3n) is 4.46. The van der Waals surface area contributed by atoms with E-state index in [0.717, 1.165) is 30.7 Å². The lowest BCUT2D eigenvalue weighted by molar-refractivity contribution is -0.132. The fourth-order valence-electron chi connectivity index (χ4n) is 3.37. The van der Waals surface area contributed by atoms with Gasteiger partial charge < -0.3 is 14.7 Å². The van der Waals surface area contributed by atoms with Gasteiger partial charge in [-0.25, -0.2) is 0 Å². The van der Waals surface area contributed by atoms with E-state index in [1.165, 1.54) is 0 Å². The second-order valence-electron chi connectivity index (χ2n) is 6.32. The maximum absolute atomic E-state index is 12.6. The maximum Gasteiger partial charge on any atom is 0.223 e. The van der Waals surface area contributed by atoms with Gasteiger partial charge in [-0.2, -0.15) is 0 Å². The van der Waals surface area contributed by atoms with Crippen molar-refractivity contribution in [2.75, 3.05) is 13.7 Å². The van der Waals surface area contributed by atoms with Crippen LogP contribution in [0.5, 0.6) is 5.75 Å². The predicted octanol–water partition coefficient (Wildman–Crippen LogP) is 2.95. The van der Waals surface area contributed by atoms with Crippen LogP contribution in [0.2, 0.25) is 0 Å². The van der Waals surface area contributed by atoms with Crippen LogP contribution in [-0.2, 0) is 4.79 Å². The predicted molar refractivity (Wildman–Crippen MR) is 87.1 cm³/mol. The molecule has 1 aromatic carbocycles. The minimum absolute atomic E-state index is 0.122. The Morgan fingerprint density at radius 2 is 2.14 bits per heavy atom. The summed E-state index contributed by atoms with van der Waals surface area (Å²) in [5.74, 6) is 1.14.